The highest BCUT2D eigenvalue weighted by Gasteiger charge is 2.11. The van der Waals surface area contributed by atoms with E-state index in [0.717, 1.165) is 16.7 Å². The van der Waals surface area contributed by atoms with Crippen LogP contribution in [0.2, 0.25) is 0 Å². The van der Waals surface area contributed by atoms with Crippen LogP contribution in [-0.4, -0.2) is 15.1 Å². The minimum atomic E-state index is 0.544. The molecular formula is C16H12N4O. The third-order valence-electron chi connectivity index (χ3n) is 3.17. The molecule has 0 N–H and O–H groups in total. The van der Waals surface area contributed by atoms with Crippen LogP contribution in [0.25, 0.3) is 11.4 Å². The number of hydrogen-bond acceptors (Lipinski definition) is 5. The number of pyridine rings is 1. The van der Waals surface area contributed by atoms with E-state index in [0.29, 0.717) is 23.7 Å². The van der Waals surface area contributed by atoms with E-state index < -0.39 is 0 Å². The number of benzene rings is 1. The van der Waals surface area contributed by atoms with Crippen LogP contribution >= 0.6 is 0 Å². The highest BCUT2D eigenvalue weighted by Crippen LogP contribution is 2.19. The molecule has 2 heterocycles. The lowest BCUT2D eigenvalue weighted by Gasteiger charge is -1.98. The van der Waals surface area contributed by atoms with Crippen LogP contribution < -0.4 is 0 Å². The maximum atomic E-state index is 8.78. The predicted octanol–water partition coefficient (Wildman–Crippen LogP) is 2.90. The minimum Gasteiger partial charge on any atom is -0.339 e. The van der Waals surface area contributed by atoms with Crippen molar-refractivity contribution in [2.24, 2.45) is 0 Å². The molecule has 0 aliphatic rings. The van der Waals surface area contributed by atoms with Gasteiger partial charge in [0, 0.05) is 18.0 Å². The number of nitriles is 1. The molecule has 0 radical (unpaired) electrons. The maximum absolute atomic E-state index is 8.78. The first-order valence-corrected chi connectivity index (χ1v) is 6.49. The molecule has 0 aliphatic carbocycles. The molecule has 5 nitrogen and oxygen atoms in total. The lowest BCUT2D eigenvalue weighted by Crippen LogP contribution is -1.90. The van der Waals surface area contributed by atoms with Crippen molar-refractivity contribution < 1.29 is 4.52 Å². The standard InChI is InChI=1S/C16H12N4O/c1-11-10-18-7-6-14(11)16-19-15(21-20-16)8-12-2-4-13(9-17)5-3-12/h2-7,10H,8H2,1H3. The topological polar surface area (TPSA) is 75.6 Å². The van der Waals surface area contributed by atoms with Gasteiger partial charge in [-0.2, -0.15) is 10.2 Å². The van der Waals surface area contributed by atoms with E-state index in [4.69, 9.17) is 9.78 Å². The van der Waals surface area contributed by atoms with E-state index in [-0.39, 0.29) is 0 Å². The summed E-state index contributed by atoms with van der Waals surface area (Å²) in [6, 6.07) is 11.3. The first-order valence-electron chi connectivity index (χ1n) is 6.49. The molecule has 0 fully saturated rings. The van der Waals surface area contributed by atoms with Crippen molar-refractivity contribution in [3.63, 3.8) is 0 Å². The van der Waals surface area contributed by atoms with E-state index in [1.165, 1.54) is 0 Å². The third kappa shape index (κ3) is 2.79. The molecule has 0 amide bonds. The van der Waals surface area contributed by atoms with E-state index in [1.54, 1.807) is 24.5 Å². The fraction of sp³-hybridized carbons (Fsp3) is 0.125. The third-order valence-corrected chi connectivity index (χ3v) is 3.17. The Morgan fingerprint density at radius 3 is 2.71 bits per heavy atom. The Hall–Kier alpha value is -3.00. The van der Waals surface area contributed by atoms with Crippen molar-refractivity contribution in [2.75, 3.05) is 0 Å². The molecule has 2 aromatic heterocycles. The quantitative estimate of drug-likeness (QED) is 0.735. The van der Waals surface area contributed by atoms with Gasteiger partial charge >= 0.3 is 0 Å². The van der Waals surface area contributed by atoms with Crippen LogP contribution in [0, 0.1) is 18.3 Å². The first-order chi connectivity index (χ1) is 10.3. The van der Waals surface area contributed by atoms with Gasteiger partial charge in [0.2, 0.25) is 11.7 Å². The lowest BCUT2D eigenvalue weighted by molar-refractivity contribution is 0.385. The number of nitrogens with zero attached hydrogens (tertiary/aromatic N) is 4. The van der Waals surface area contributed by atoms with Crippen molar-refractivity contribution in [1.29, 1.82) is 5.26 Å². The smallest absolute Gasteiger partial charge is 0.231 e. The summed E-state index contributed by atoms with van der Waals surface area (Å²) in [6.45, 7) is 1.96. The Morgan fingerprint density at radius 1 is 1.19 bits per heavy atom. The van der Waals surface area contributed by atoms with Crippen molar-refractivity contribution in [3.8, 4) is 17.5 Å². The molecule has 0 bridgehead atoms. The minimum absolute atomic E-state index is 0.544. The zero-order valence-corrected chi connectivity index (χ0v) is 11.4. The SMILES string of the molecule is Cc1cnccc1-c1noc(Cc2ccc(C#N)cc2)n1. The Morgan fingerprint density at radius 2 is 2.00 bits per heavy atom. The van der Waals surface area contributed by atoms with Crippen LogP contribution in [0.5, 0.6) is 0 Å². The molecule has 1 aromatic carbocycles. The fourth-order valence-corrected chi connectivity index (χ4v) is 2.03. The van der Waals surface area contributed by atoms with Gasteiger partial charge in [0.25, 0.3) is 0 Å². The second-order valence-electron chi connectivity index (χ2n) is 4.69. The monoisotopic (exact) mass is 276 g/mol. The summed E-state index contributed by atoms with van der Waals surface area (Å²) in [7, 11) is 0. The second-order valence-corrected chi connectivity index (χ2v) is 4.69. The van der Waals surface area contributed by atoms with Gasteiger partial charge in [0.05, 0.1) is 18.1 Å². The summed E-state index contributed by atoms with van der Waals surface area (Å²) < 4.78 is 5.29. The maximum Gasteiger partial charge on any atom is 0.231 e. The summed E-state index contributed by atoms with van der Waals surface area (Å²) in [5.74, 6) is 1.12. The summed E-state index contributed by atoms with van der Waals surface area (Å²) in [5, 5.41) is 12.8. The zero-order chi connectivity index (χ0) is 14.7. The van der Waals surface area contributed by atoms with Crippen molar-refractivity contribution in [2.45, 2.75) is 13.3 Å². The zero-order valence-electron chi connectivity index (χ0n) is 11.4. The van der Waals surface area contributed by atoms with E-state index >= 15 is 0 Å². The van der Waals surface area contributed by atoms with Crippen LogP contribution in [0.4, 0.5) is 0 Å². The van der Waals surface area contributed by atoms with E-state index in [1.807, 2.05) is 25.1 Å². The second kappa shape index (κ2) is 5.55. The molecule has 21 heavy (non-hydrogen) atoms. The Balaban J connectivity index is 1.82. The number of hydrogen-bond donors (Lipinski definition) is 0. The molecule has 0 saturated heterocycles. The summed E-state index contributed by atoms with van der Waals surface area (Å²) in [4.78, 5) is 8.46. The fourth-order valence-electron chi connectivity index (χ4n) is 2.03. The Kier molecular flexibility index (Phi) is 3.44. The predicted molar refractivity (Wildman–Crippen MR) is 76.2 cm³/mol. The lowest BCUT2D eigenvalue weighted by atomic mass is 10.1. The van der Waals surface area contributed by atoms with Crippen LogP contribution in [-0.2, 0) is 6.42 Å². The molecule has 0 unspecified atom stereocenters. The number of rotatable bonds is 3. The van der Waals surface area contributed by atoms with E-state index in [2.05, 4.69) is 21.2 Å². The van der Waals surface area contributed by atoms with Gasteiger partial charge in [-0.05, 0) is 36.2 Å². The van der Waals surface area contributed by atoms with Gasteiger partial charge in [-0.3, -0.25) is 4.98 Å². The van der Waals surface area contributed by atoms with Gasteiger partial charge < -0.3 is 4.52 Å². The first kappa shape index (κ1) is 13.0. The highest BCUT2D eigenvalue weighted by molar-refractivity contribution is 5.58. The number of aromatic nitrogens is 3. The van der Waals surface area contributed by atoms with Crippen LogP contribution in [0.3, 0.4) is 0 Å². The summed E-state index contributed by atoms with van der Waals surface area (Å²) in [6.07, 6.45) is 4.02. The van der Waals surface area contributed by atoms with Crippen LogP contribution in [0.15, 0.2) is 47.2 Å². The van der Waals surface area contributed by atoms with Gasteiger partial charge in [-0.25, -0.2) is 0 Å². The molecule has 102 valence electrons. The number of aryl methyl sites for hydroxylation is 1. The summed E-state index contributed by atoms with van der Waals surface area (Å²) >= 11 is 0. The molecule has 3 rings (SSSR count). The molecule has 5 heteroatoms. The van der Waals surface area contributed by atoms with Gasteiger partial charge in [-0.1, -0.05) is 17.3 Å². The van der Waals surface area contributed by atoms with Crippen LogP contribution in [0.1, 0.15) is 22.6 Å². The molecule has 0 saturated carbocycles. The normalized spacial score (nSPS) is 10.3. The average molecular weight is 276 g/mol. The molecule has 0 spiro atoms. The Labute approximate surface area is 121 Å². The Bertz CT molecular complexity index is 800. The van der Waals surface area contributed by atoms with Gasteiger partial charge in [-0.15, -0.1) is 0 Å². The largest absolute Gasteiger partial charge is 0.339 e. The molecule has 0 aliphatic heterocycles. The summed E-state index contributed by atoms with van der Waals surface area (Å²) in [5.41, 5.74) is 3.58. The van der Waals surface area contributed by atoms with E-state index in [9.17, 15) is 0 Å². The highest BCUT2D eigenvalue weighted by atomic mass is 16.5. The molecular weight excluding hydrogens is 264 g/mol. The van der Waals surface area contributed by atoms with Gasteiger partial charge in [0.1, 0.15) is 0 Å². The molecule has 0 atom stereocenters. The van der Waals surface area contributed by atoms with Crippen molar-refractivity contribution >= 4 is 0 Å². The average Bonchev–Trinajstić information content (AvgIpc) is 2.97. The molecule has 3 aromatic rings. The van der Waals surface area contributed by atoms with Crippen molar-refractivity contribution in [1.82, 2.24) is 15.1 Å². The van der Waals surface area contributed by atoms with Gasteiger partial charge in [0.15, 0.2) is 0 Å². The van der Waals surface area contributed by atoms with Crippen molar-refractivity contribution in [3.05, 3.63) is 65.3 Å².